The maximum atomic E-state index is 12.9. The van der Waals surface area contributed by atoms with Gasteiger partial charge in [-0.05, 0) is 101 Å². The second-order valence-corrected chi connectivity index (χ2v) is 14.5. The second-order valence-electron chi connectivity index (χ2n) is 13.5. The number of hydrogen-bond acceptors (Lipinski definition) is 9. The number of pyridine rings is 1. The van der Waals surface area contributed by atoms with Gasteiger partial charge < -0.3 is 19.1 Å². The number of carbonyl (C=O) groups is 2. The summed E-state index contributed by atoms with van der Waals surface area (Å²) in [7, 11) is 0. The molecule has 2 aromatic carbocycles. The number of piperazine rings is 1. The molecule has 3 heterocycles. The first-order valence-electron chi connectivity index (χ1n) is 16.0. The van der Waals surface area contributed by atoms with Gasteiger partial charge in [0, 0.05) is 54.1 Å². The van der Waals surface area contributed by atoms with E-state index in [1.54, 1.807) is 52.0 Å². The molecule has 0 radical (unpaired) electrons. The van der Waals surface area contributed by atoms with Crippen molar-refractivity contribution in [1.82, 2.24) is 9.47 Å². The van der Waals surface area contributed by atoms with Crippen LogP contribution in [0.15, 0.2) is 64.8 Å². The lowest BCUT2D eigenvalue weighted by atomic mass is 9.89. The standard InChI is InChI=1S/C36H45N3O6S/c1-35(2,3)45-33(41)24-36(4,5)34(42)44-25-39-30-23-27(13-11-26(30)12-14-32(39)40)43-21-7-6-16-37-17-19-38(20-18-37)29-9-8-10-31-28(29)15-22-46-31/h8-15,22-23H,6-7,16-21,24-25H2,1-5H3. The summed E-state index contributed by atoms with van der Waals surface area (Å²) in [6, 6.07) is 17.6. The monoisotopic (exact) mass is 647 g/mol. The number of thiophene rings is 1. The summed E-state index contributed by atoms with van der Waals surface area (Å²) in [5.41, 5.74) is -0.110. The molecule has 0 bridgehead atoms. The Labute approximate surface area is 274 Å². The highest BCUT2D eigenvalue weighted by molar-refractivity contribution is 7.17. The van der Waals surface area contributed by atoms with Crippen LogP contribution in [0.2, 0.25) is 0 Å². The van der Waals surface area contributed by atoms with Gasteiger partial charge >= 0.3 is 11.9 Å². The number of carbonyl (C=O) groups excluding carboxylic acids is 2. The lowest BCUT2D eigenvalue weighted by Gasteiger charge is -2.36. The van der Waals surface area contributed by atoms with E-state index >= 15 is 0 Å². The number of hydrogen-bond donors (Lipinski definition) is 0. The van der Waals surface area contributed by atoms with Gasteiger partial charge in [-0.2, -0.15) is 0 Å². The summed E-state index contributed by atoms with van der Waals surface area (Å²) >= 11 is 1.79. The quantitative estimate of drug-likeness (QED) is 0.128. The fourth-order valence-corrected chi connectivity index (χ4v) is 6.52. The number of fused-ring (bicyclic) bond motifs is 2. The van der Waals surface area contributed by atoms with Crippen molar-refractivity contribution in [3.05, 3.63) is 70.3 Å². The summed E-state index contributed by atoms with van der Waals surface area (Å²) in [5.74, 6) is -0.417. The van der Waals surface area contributed by atoms with E-state index in [9.17, 15) is 14.4 Å². The van der Waals surface area contributed by atoms with Crippen molar-refractivity contribution in [3.63, 3.8) is 0 Å². The van der Waals surface area contributed by atoms with Gasteiger partial charge in [-0.1, -0.05) is 6.07 Å². The average Bonchev–Trinajstić information content (AvgIpc) is 3.49. The van der Waals surface area contributed by atoms with E-state index in [0.717, 1.165) is 51.0 Å². The molecule has 4 aromatic rings. The third kappa shape index (κ3) is 8.47. The summed E-state index contributed by atoms with van der Waals surface area (Å²) in [6.45, 7) is 14.1. The summed E-state index contributed by atoms with van der Waals surface area (Å²) < 4.78 is 19.7. The lowest BCUT2D eigenvalue weighted by molar-refractivity contribution is -0.168. The van der Waals surface area contributed by atoms with E-state index in [2.05, 4.69) is 39.4 Å². The Balaban J connectivity index is 1.09. The van der Waals surface area contributed by atoms with Gasteiger partial charge in [-0.3, -0.25) is 23.9 Å². The van der Waals surface area contributed by atoms with Gasteiger partial charge in [-0.15, -0.1) is 11.3 Å². The van der Waals surface area contributed by atoms with Crippen LogP contribution in [-0.4, -0.2) is 66.3 Å². The Bertz CT molecular complexity index is 1730. The maximum absolute atomic E-state index is 12.9. The number of rotatable bonds is 12. The Morgan fingerprint density at radius 2 is 1.67 bits per heavy atom. The smallest absolute Gasteiger partial charge is 0.313 e. The van der Waals surface area contributed by atoms with Crippen LogP contribution < -0.4 is 15.2 Å². The van der Waals surface area contributed by atoms with Crippen molar-refractivity contribution in [3.8, 4) is 5.75 Å². The first kappa shape index (κ1) is 33.5. The van der Waals surface area contributed by atoms with Crippen molar-refractivity contribution < 1.29 is 23.8 Å². The summed E-state index contributed by atoms with van der Waals surface area (Å²) in [5, 5.41) is 4.34. The van der Waals surface area contributed by atoms with Crippen LogP contribution >= 0.6 is 11.3 Å². The minimum Gasteiger partial charge on any atom is -0.494 e. The Hall–Kier alpha value is -3.89. The number of nitrogens with zero attached hydrogens (tertiary/aromatic N) is 3. The highest BCUT2D eigenvalue weighted by Crippen LogP contribution is 2.31. The third-order valence-electron chi connectivity index (χ3n) is 8.17. The van der Waals surface area contributed by atoms with Crippen LogP contribution in [0.1, 0.15) is 53.9 Å². The van der Waals surface area contributed by atoms with Gasteiger partial charge in [-0.25, -0.2) is 0 Å². The predicted octanol–water partition coefficient (Wildman–Crippen LogP) is 6.46. The first-order valence-corrected chi connectivity index (χ1v) is 16.9. The zero-order chi connectivity index (χ0) is 32.9. The summed E-state index contributed by atoms with van der Waals surface area (Å²) in [6.07, 6.45) is 1.82. The van der Waals surface area contributed by atoms with Crippen molar-refractivity contribution in [1.29, 1.82) is 0 Å². The lowest BCUT2D eigenvalue weighted by Crippen LogP contribution is -2.46. The van der Waals surface area contributed by atoms with Crippen molar-refractivity contribution in [2.45, 2.75) is 66.2 Å². The molecule has 2 aromatic heterocycles. The van der Waals surface area contributed by atoms with E-state index in [1.807, 2.05) is 18.2 Å². The molecular formula is C36H45N3O6S. The van der Waals surface area contributed by atoms with Crippen molar-refractivity contribution in [2.24, 2.45) is 5.41 Å². The Kier molecular flexibility index (Phi) is 10.4. The largest absolute Gasteiger partial charge is 0.494 e. The number of esters is 2. The highest BCUT2D eigenvalue weighted by Gasteiger charge is 2.34. The van der Waals surface area contributed by atoms with Gasteiger partial charge in [0.05, 0.1) is 24.0 Å². The molecule has 1 fully saturated rings. The molecule has 0 spiro atoms. The average molecular weight is 648 g/mol. The second kappa shape index (κ2) is 14.3. The van der Waals surface area contributed by atoms with Crippen LogP contribution in [0.4, 0.5) is 5.69 Å². The molecule has 1 saturated heterocycles. The third-order valence-corrected chi connectivity index (χ3v) is 9.05. The first-order chi connectivity index (χ1) is 21.9. The van der Waals surface area contributed by atoms with E-state index < -0.39 is 23.0 Å². The van der Waals surface area contributed by atoms with Crippen LogP contribution in [-0.2, 0) is 25.8 Å². The van der Waals surface area contributed by atoms with E-state index in [0.29, 0.717) is 17.9 Å². The highest BCUT2D eigenvalue weighted by atomic mass is 32.1. The van der Waals surface area contributed by atoms with E-state index in [4.69, 9.17) is 14.2 Å². The molecule has 9 nitrogen and oxygen atoms in total. The minimum absolute atomic E-state index is 0.131. The molecule has 0 N–H and O–H groups in total. The molecular weight excluding hydrogens is 602 g/mol. The maximum Gasteiger partial charge on any atom is 0.313 e. The molecule has 1 aliphatic rings. The zero-order valence-corrected chi connectivity index (χ0v) is 28.4. The number of aromatic nitrogens is 1. The van der Waals surface area contributed by atoms with Gasteiger partial charge in [0.15, 0.2) is 6.73 Å². The SMILES string of the molecule is CC(C)(C)OC(=O)CC(C)(C)C(=O)OCn1c(=O)ccc2ccc(OCCCCN3CCN(c4cccc5sccc45)CC3)cc21. The number of anilines is 1. The van der Waals surface area contributed by atoms with Crippen molar-refractivity contribution in [2.75, 3.05) is 44.2 Å². The molecule has 0 unspecified atom stereocenters. The van der Waals surface area contributed by atoms with Gasteiger partial charge in [0.1, 0.15) is 11.4 Å². The fourth-order valence-electron chi connectivity index (χ4n) is 5.71. The molecule has 246 valence electrons. The molecule has 1 aliphatic heterocycles. The van der Waals surface area contributed by atoms with Crippen LogP contribution in [0.5, 0.6) is 5.75 Å². The topological polar surface area (TPSA) is 90.3 Å². The van der Waals surface area contributed by atoms with Gasteiger partial charge in [0.2, 0.25) is 0 Å². The van der Waals surface area contributed by atoms with Crippen molar-refractivity contribution >= 4 is 50.0 Å². The Morgan fingerprint density at radius 3 is 2.43 bits per heavy atom. The van der Waals surface area contributed by atoms with Crippen LogP contribution in [0, 0.1) is 5.41 Å². The molecule has 0 atom stereocenters. The van der Waals surface area contributed by atoms with E-state index in [1.165, 1.54) is 26.4 Å². The number of unbranched alkanes of at least 4 members (excludes halogenated alkanes) is 1. The zero-order valence-electron chi connectivity index (χ0n) is 27.5. The molecule has 0 amide bonds. The fraction of sp³-hybridized carbons (Fsp3) is 0.472. The molecule has 46 heavy (non-hydrogen) atoms. The Morgan fingerprint density at radius 1 is 0.913 bits per heavy atom. The molecule has 10 heteroatoms. The van der Waals surface area contributed by atoms with Gasteiger partial charge in [0.25, 0.3) is 5.56 Å². The normalized spacial score (nSPS) is 14.5. The summed E-state index contributed by atoms with van der Waals surface area (Å²) in [4.78, 5) is 43.0. The molecule has 5 rings (SSSR count). The molecule has 0 saturated carbocycles. The predicted molar refractivity (Wildman–Crippen MR) is 184 cm³/mol. The van der Waals surface area contributed by atoms with E-state index in [-0.39, 0.29) is 18.7 Å². The van der Waals surface area contributed by atoms with Crippen LogP contribution in [0.25, 0.3) is 21.0 Å². The number of ether oxygens (including phenoxy) is 3. The number of benzene rings is 2. The minimum atomic E-state index is -1.11. The molecule has 0 aliphatic carbocycles. The van der Waals surface area contributed by atoms with Crippen LogP contribution in [0.3, 0.4) is 0 Å².